The number of aromatic nitrogens is 2. The lowest BCUT2D eigenvalue weighted by atomic mass is 9.98. The molecule has 0 aliphatic heterocycles. The fourth-order valence-electron chi connectivity index (χ4n) is 6.75. The third-order valence-electron chi connectivity index (χ3n) is 8.94. The number of hydrogen-bond donors (Lipinski definition) is 1. The summed E-state index contributed by atoms with van der Waals surface area (Å²) in [6.45, 7) is 0. The summed E-state index contributed by atoms with van der Waals surface area (Å²) in [6, 6.07) is 59.2. The van der Waals surface area contributed by atoms with Gasteiger partial charge in [-0.3, -0.25) is 0 Å². The first kappa shape index (κ1) is 24.7. The van der Waals surface area contributed by atoms with Crippen LogP contribution in [0.25, 0.3) is 82.7 Å². The van der Waals surface area contributed by atoms with Crippen LogP contribution in [0.3, 0.4) is 0 Å². The molecule has 0 bridgehead atoms. The van der Waals surface area contributed by atoms with Gasteiger partial charge in [0.15, 0.2) is 0 Å². The lowest BCUT2D eigenvalue weighted by Crippen LogP contribution is -1.92. The molecule has 0 aliphatic rings. The van der Waals surface area contributed by atoms with Gasteiger partial charge in [0.1, 0.15) is 0 Å². The van der Waals surface area contributed by atoms with E-state index in [9.17, 15) is 0 Å². The maximum absolute atomic E-state index is 3.64. The predicted molar refractivity (Wildman–Crippen MR) is 186 cm³/mol. The minimum absolute atomic E-state index is 1.15. The van der Waals surface area contributed by atoms with Crippen LogP contribution in [0.1, 0.15) is 0 Å². The summed E-state index contributed by atoms with van der Waals surface area (Å²) in [5.41, 5.74) is 13.3. The summed E-state index contributed by atoms with van der Waals surface area (Å²) in [7, 11) is 0. The van der Waals surface area contributed by atoms with Crippen molar-refractivity contribution in [1.29, 1.82) is 0 Å². The Morgan fingerprint density at radius 3 is 1.45 bits per heavy atom. The number of nitrogens with zero attached hydrogens (tertiary/aromatic N) is 1. The SMILES string of the molecule is c1ccc(-c2ccc(-c3ccc4[nH]c5ccc(-c6ccc7c(c6)c6ccccc6n7-c6ccccc6)cc5c4c3)cc2)cc1. The Labute approximate surface area is 255 Å². The van der Waals surface area contributed by atoms with Gasteiger partial charge in [0, 0.05) is 38.3 Å². The highest BCUT2D eigenvalue weighted by atomic mass is 15.0. The van der Waals surface area contributed by atoms with Crippen LogP contribution in [0.15, 0.2) is 164 Å². The van der Waals surface area contributed by atoms with Crippen molar-refractivity contribution < 1.29 is 0 Å². The van der Waals surface area contributed by atoms with Gasteiger partial charge in [-0.2, -0.15) is 0 Å². The molecule has 0 aliphatic carbocycles. The molecule has 1 N–H and O–H groups in total. The van der Waals surface area contributed by atoms with Crippen LogP contribution in [0.2, 0.25) is 0 Å². The highest BCUT2D eigenvalue weighted by molar-refractivity contribution is 6.12. The number of fused-ring (bicyclic) bond motifs is 6. The van der Waals surface area contributed by atoms with Crippen LogP contribution in [0.4, 0.5) is 0 Å². The Hall–Kier alpha value is -5.86. The summed E-state index contributed by atoms with van der Waals surface area (Å²) in [5.74, 6) is 0. The van der Waals surface area contributed by atoms with Gasteiger partial charge in [0.25, 0.3) is 0 Å². The van der Waals surface area contributed by atoms with E-state index in [-0.39, 0.29) is 0 Å². The lowest BCUT2D eigenvalue weighted by molar-refractivity contribution is 1.18. The molecule has 2 heterocycles. The molecule has 2 aromatic heterocycles. The maximum atomic E-state index is 3.64. The third-order valence-corrected chi connectivity index (χ3v) is 8.94. The van der Waals surface area contributed by atoms with Crippen molar-refractivity contribution >= 4 is 43.6 Å². The molecule has 9 rings (SSSR count). The molecule has 0 fully saturated rings. The predicted octanol–water partition coefficient (Wildman–Crippen LogP) is 11.4. The summed E-state index contributed by atoms with van der Waals surface area (Å²) >= 11 is 0. The molecule has 0 unspecified atom stereocenters. The van der Waals surface area contributed by atoms with Gasteiger partial charge in [-0.25, -0.2) is 0 Å². The van der Waals surface area contributed by atoms with Crippen LogP contribution < -0.4 is 0 Å². The average Bonchev–Trinajstić information content (AvgIpc) is 3.63. The van der Waals surface area contributed by atoms with E-state index in [1.165, 1.54) is 71.6 Å². The van der Waals surface area contributed by atoms with E-state index in [2.05, 4.69) is 173 Å². The summed E-state index contributed by atoms with van der Waals surface area (Å²) in [5, 5.41) is 5.02. The van der Waals surface area contributed by atoms with Gasteiger partial charge in [-0.1, -0.05) is 109 Å². The van der Waals surface area contributed by atoms with E-state index in [1.807, 2.05) is 0 Å². The molecule has 7 aromatic carbocycles. The van der Waals surface area contributed by atoms with E-state index < -0.39 is 0 Å². The van der Waals surface area contributed by atoms with Crippen LogP contribution in [0, 0.1) is 0 Å². The number of aromatic amines is 1. The molecule has 2 nitrogen and oxygen atoms in total. The van der Waals surface area contributed by atoms with Crippen molar-refractivity contribution in [2.45, 2.75) is 0 Å². The smallest absolute Gasteiger partial charge is 0.0541 e. The Kier molecular flexibility index (Phi) is 5.54. The van der Waals surface area contributed by atoms with E-state index >= 15 is 0 Å². The number of hydrogen-bond acceptors (Lipinski definition) is 0. The van der Waals surface area contributed by atoms with Gasteiger partial charge in [0.05, 0.1) is 11.0 Å². The van der Waals surface area contributed by atoms with E-state index in [0.29, 0.717) is 0 Å². The van der Waals surface area contributed by atoms with Gasteiger partial charge in [-0.05, 0) is 88.0 Å². The van der Waals surface area contributed by atoms with Gasteiger partial charge in [0.2, 0.25) is 0 Å². The van der Waals surface area contributed by atoms with Gasteiger partial charge >= 0.3 is 0 Å². The monoisotopic (exact) mass is 560 g/mol. The summed E-state index contributed by atoms with van der Waals surface area (Å²) < 4.78 is 2.37. The standard InChI is InChI=1S/C42H28N2/c1-3-9-28(10-4-1)29-15-17-30(18-16-29)31-19-22-39-36(25-31)37-26-32(20-23-40(37)43-39)33-21-24-42-38(27-33)35-13-7-8-14-41(35)44(42)34-11-5-2-6-12-34/h1-27,43H. The fraction of sp³-hybridized carbons (Fsp3) is 0. The normalized spacial score (nSPS) is 11.6. The van der Waals surface area contributed by atoms with Crippen molar-refractivity contribution in [3.8, 4) is 39.1 Å². The second kappa shape index (κ2) is 9.86. The Morgan fingerprint density at radius 2 is 0.773 bits per heavy atom. The Balaban J connectivity index is 1.15. The highest BCUT2D eigenvalue weighted by Gasteiger charge is 2.14. The van der Waals surface area contributed by atoms with Crippen molar-refractivity contribution in [2.75, 3.05) is 0 Å². The lowest BCUT2D eigenvalue weighted by Gasteiger charge is -2.08. The van der Waals surface area contributed by atoms with E-state index in [4.69, 9.17) is 0 Å². The zero-order valence-corrected chi connectivity index (χ0v) is 24.0. The average molecular weight is 561 g/mol. The molecule has 0 radical (unpaired) electrons. The first-order chi connectivity index (χ1) is 21.8. The minimum atomic E-state index is 1.15. The molecule has 0 amide bonds. The molecule has 206 valence electrons. The first-order valence-corrected chi connectivity index (χ1v) is 15.1. The van der Waals surface area contributed by atoms with Crippen LogP contribution in [0.5, 0.6) is 0 Å². The van der Waals surface area contributed by atoms with Crippen molar-refractivity contribution in [1.82, 2.24) is 9.55 Å². The molecular formula is C42H28N2. The van der Waals surface area contributed by atoms with Crippen molar-refractivity contribution in [3.63, 3.8) is 0 Å². The van der Waals surface area contributed by atoms with E-state index in [1.54, 1.807) is 0 Å². The minimum Gasteiger partial charge on any atom is -0.355 e. The zero-order chi connectivity index (χ0) is 29.0. The van der Waals surface area contributed by atoms with Crippen LogP contribution >= 0.6 is 0 Å². The van der Waals surface area contributed by atoms with Gasteiger partial charge in [-0.15, -0.1) is 0 Å². The fourth-order valence-corrected chi connectivity index (χ4v) is 6.75. The third kappa shape index (κ3) is 3.96. The largest absolute Gasteiger partial charge is 0.355 e. The number of nitrogens with one attached hydrogen (secondary N) is 1. The molecule has 0 saturated heterocycles. The number of rotatable bonds is 4. The second-order valence-electron chi connectivity index (χ2n) is 11.5. The van der Waals surface area contributed by atoms with Crippen molar-refractivity contribution in [3.05, 3.63) is 164 Å². The second-order valence-corrected chi connectivity index (χ2v) is 11.5. The summed E-state index contributed by atoms with van der Waals surface area (Å²) in [6.07, 6.45) is 0. The molecule has 0 spiro atoms. The quantitative estimate of drug-likeness (QED) is 0.221. The van der Waals surface area contributed by atoms with Crippen LogP contribution in [-0.4, -0.2) is 9.55 Å². The highest BCUT2D eigenvalue weighted by Crippen LogP contribution is 2.37. The Morgan fingerprint density at radius 1 is 0.318 bits per heavy atom. The molecule has 2 heteroatoms. The number of H-pyrrole nitrogens is 1. The molecule has 44 heavy (non-hydrogen) atoms. The molecule has 0 atom stereocenters. The zero-order valence-electron chi connectivity index (χ0n) is 24.0. The molecule has 9 aromatic rings. The van der Waals surface area contributed by atoms with Crippen molar-refractivity contribution in [2.24, 2.45) is 0 Å². The van der Waals surface area contributed by atoms with Gasteiger partial charge < -0.3 is 9.55 Å². The van der Waals surface area contributed by atoms with Crippen LogP contribution in [-0.2, 0) is 0 Å². The number of benzene rings is 7. The Bertz CT molecular complexity index is 2460. The topological polar surface area (TPSA) is 20.7 Å². The number of para-hydroxylation sites is 2. The first-order valence-electron chi connectivity index (χ1n) is 15.1. The molecule has 0 saturated carbocycles. The summed E-state index contributed by atoms with van der Waals surface area (Å²) in [4.78, 5) is 3.64. The van der Waals surface area contributed by atoms with E-state index in [0.717, 1.165) is 11.0 Å². The molecular weight excluding hydrogens is 532 g/mol. The maximum Gasteiger partial charge on any atom is 0.0541 e.